The molecule has 2 aromatic heterocycles. The van der Waals surface area contributed by atoms with Gasteiger partial charge in [-0.25, -0.2) is 4.98 Å². The highest BCUT2D eigenvalue weighted by molar-refractivity contribution is 6.07. The second-order valence-electron chi connectivity index (χ2n) is 6.23. The maximum Gasteiger partial charge on any atom is 0.296 e. The number of nitrogens with zero attached hydrogens (tertiary/aromatic N) is 2. The van der Waals surface area contributed by atoms with Gasteiger partial charge in [0.2, 0.25) is 5.76 Å². The number of nitro groups is 1. The summed E-state index contributed by atoms with van der Waals surface area (Å²) in [5.41, 5.74) is -0.448. The molecule has 0 bridgehead atoms. The number of ether oxygens (including phenoxy) is 2. The highest BCUT2D eigenvalue weighted by Gasteiger charge is 2.25. The van der Waals surface area contributed by atoms with Gasteiger partial charge < -0.3 is 23.6 Å². The molecule has 0 atom stereocenters. The van der Waals surface area contributed by atoms with Crippen LogP contribution in [0.5, 0.6) is 11.5 Å². The summed E-state index contributed by atoms with van der Waals surface area (Å²) < 4.78 is 21.7. The first-order valence-electron chi connectivity index (χ1n) is 9.41. The van der Waals surface area contributed by atoms with Crippen LogP contribution in [-0.4, -0.2) is 29.0 Å². The van der Waals surface area contributed by atoms with Crippen molar-refractivity contribution in [1.82, 2.24) is 4.98 Å². The predicted octanol–water partition coefficient (Wildman–Crippen LogP) is 4.67. The molecule has 30 heavy (non-hydrogen) atoms. The maximum absolute atomic E-state index is 12.8. The number of furan rings is 1. The molecule has 3 aromatic rings. The first kappa shape index (κ1) is 20.9. The highest BCUT2D eigenvalue weighted by atomic mass is 16.6. The van der Waals surface area contributed by atoms with Crippen molar-refractivity contribution in [3.63, 3.8) is 0 Å². The Kier molecular flexibility index (Phi) is 6.68. The molecule has 1 amide bonds. The lowest BCUT2D eigenvalue weighted by Crippen LogP contribution is -2.15. The van der Waals surface area contributed by atoms with Crippen molar-refractivity contribution in [2.24, 2.45) is 0 Å². The van der Waals surface area contributed by atoms with E-state index in [9.17, 15) is 14.9 Å². The fraction of sp³-hybridized carbons (Fsp3) is 0.300. The molecule has 0 aliphatic carbocycles. The van der Waals surface area contributed by atoms with Crippen molar-refractivity contribution in [3.05, 3.63) is 52.7 Å². The van der Waals surface area contributed by atoms with Crippen molar-refractivity contribution in [2.45, 2.75) is 26.7 Å². The highest BCUT2D eigenvalue weighted by Crippen LogP contribution is 2.38. The fourth-order valence-electron chi connectivity index (χ4n) is 2.62. The van der Waals surface area contributed by atoms with Gasteiger partial charge in [-0.3, -0.25) is 14.9 Å². The van der Waals surface area contributed by atoms with Crippen LogP contribution in [0.1, 0.15) is 37.2 Å². The SMILES string of the molecule is CCCOc1cc(NC(=O)c2ncoc2-c2ccco2)c([N+](=O)[O-])cc1OCCC. The van der Waals surface area contributed by atoms with Gasteiger partial charge in [-0.05, 0) is 25.0 Å². The number of aromatic nitrogens is 1. The van der Waals surface area contributed by atoms with Crippen LogP contribution in [0.25, 0.3) is 11.5 Å². The summed E-state index contributed by atoms with van der Waals surface area (Å²) in [6.45, 7) is 4.61. The molecule has 0 saturated carbocycles. The Bertz CT molecular complexity index is 1010. The van der Waals surface area contributed by atoms with Crippen LogP contribution in [0.3, 0.4) is 0 Å². The molecule has 2 heterocycles. The van der Waals surface area contributed by atoms with Crippen LogP contribution >= 0.6 is 0 Å². The predicted molar refractivity (Wildman–Crippen MR) is 107 cm³/mol. The average Bonchev–Trinajstić information content (AvgIpc) is 3.42. The van der Waals surface area contributed by atoms with E-state index in [-0.39, 0.29) is 28.6 Å². The van der Waals surface area contributed by atoms with Gasteiger partial charge in [-0.1, -0.05) is 13.8 Å². The van der Waals surface area contributed by atoms with E-state index in [1.807, 2.05) is 13.8 Å². The van der Waals surface area contributed by atoms with Gasteiger partial charge in [0, 0.05) is 6.07 Å². The summed E-state index contributed by atoms with van der Waals surface area (Å²) in [7, 11) is 0. The molecule has 0 aliphatic rings. The van der Waals surface area contributed by atoms with E-state index in [0.29, 0.717) is 24.7 Å². The third kappa shape index (κ3) is 4.59. The first-order chi connectivity index (χ1) is 14.5. The number of hydrogen-bond donors (Lipinski definition) is 1. The molecule has 0 spiro atoms. The van der Waals surface area contributed by atoms with Crippen molar-refractivity contribution in [2.75, 3.05) is 18.5 Å². The van der Waals surface area contributed by atoms with Crippen molar-refractivity contribution in [3.8, 4) is 23.0 Å². The van der Waals surface area contributed by atoms with E-state index in [2.05, 4.69) is 10.3 Å². The number of nitrogens with one attached hydrogen (secondary N) is 1. The molecule has 158 valence electrons. The number of nitro benzene ring substituents is 1. The second-order valence-corrected chi connectivity index (χ2v) is 6.23. The van der Waals surface area contributed by atoms with Crippen LogP contribution in [0.4, 0.5) is 11.4 Å². The topological polar surface area (TPSA) is 130 Å². The summed E-state index contributed by atoms with van der Waals surface area (Å²) in [5.74, 6) is 0.278. The van der Waals surface area contributed by atoms with Crippen LogP contribution in [0, 0.1) is 10.1 Å². The van der Waals surface area contributed by atoms with Crippen LogP contribution in [-0.2, 0) is 0 Å². The molecule has 0 unspecified atom stereocenters. The number of carbonyl (C=O) groups is 1. The van der Waals surface area contributed by atoms with E-state index < -0.39 is 10.8 Å². The quantitative estimate of drug-likeness (QED) is 0.373. The number of anilines is 1. The molecular formula is C20H21N3O7. The molecule has 0 saturated heterocycles. The van der Waals surface area contributed by atoms with Crippen molar-refractivity contribution in [1.29, 1.82) is 0 Å². The van der Waals surface area contributed by atoms with Gasteiger partial charge in [0.05, 0.1) is 30.5 Å². The van der Waals surface area contributed by atoms with Gasteiger partial charge in [0.1, 0.15) is 5.69 Å². The lowest BCUT2D eigenvalue weighted by molar-refractivity contribution is -0.384. The van der Waals surface area contributed by atoms with Crippen molar-refractivity contribution >= 4 is 17.3 Å². The summed E-state index contributed by atoms with van der Waals surface area (Å²) in [6, 6.07) is 5.86. The summed E-state index contributed by atoms with van der Waals surface area (Å²) in [5, 5.41) is 14.1. The van der Waals surface area contributed by atoms with E-state index in [0.717, 1.165) is 19.2 Å². The number of amides is 1. The lowest BCUT2D eigenvalue weighted by atomic mass is 10.2. The summed E-state index contributed by atoms with van der Waals surface area (Å²) >= 11 is 0. The summed E-state index contributed by atoms with van der Waals surface area (Å²) in [4.78, 5) is 27.7. The third-order valence-corrected chi connectivity index (χ3v) is 3.96. The molecular weight excluding hydrogens is 394 g/mol. The largest absolute Gasteiger partial charge is 0.490 e. The monoisotopic (exact) mass is 415 g/mol. The van der Waals surface area contributed by atoms with Crippen LogP contribution in [0.2, 0.25) is 0 Å². The normalized spacial score (nSPS) is 10.6. The molecule has 0 radical (unpaired) electrons. The van der Waals surface area contributed by atoms with Gasteiger partial charge in [-0.15, -0.1) is 0 Å². The summed E-state index contributed by atoms with van der Waals surface area (Å²) in [6.07, 6.45) is 3.98. The Morgan fingerprint density at radius 2 is 1.87 bits per heavy atom. The molecule has 0 fully saturated rings. The smallest absolute Gasteiger partial charge is 0.296 e. The van der Waals surface area contributed by atoms with E-state index in [4.69, 9.17) is 18.3 Å². The molecule has 10 nitrogen and oxygen atoms in total. The van der Waals surface area contributed by atoms with Gasteiger partial charge in [0.25, 0.3) is 11.6 Å². The van der Waals surface area contributed by atoms with E-state index in [1.54, 1.807) is 12.1 Å². The van der Waals surface area contributed by atoms with E-state index >= 15 is 0 Å². The minimum Gasteiger partial charge on any atom is -0.490 e. The minimum atomic E-state index is -0.693. The Balaban J connectivity index is 1.95. The Hall–Kier alpha value is -3.82. The Labute approximate surface area is 171 Å². The number of carbonyl (C=O) groups excluding carboxylic acids is 1. The van der Waals surface area contributed by atoms with E-state index in [1.165, 1.54) is 18.4 Å². The van der Waals surface area contributed by atoms with Crippen molar-refractivity contribution < 1.29 is 28.0 Å². The first-order valence-corrected chi connectivity index (χ1v) is 9.41. The Morgan fingerprint density at radius 1 is 1.17 bits per heavy atom. The fourth-order valence-corrected chi connectivity index (χ4v) is 2.62. The lowest BCUT2D eigenvalue weighted by Gasteiger charge is -2.14. The number of rotatable bonds is 10. The molecule has 1 N–H and O–H groups in total. The molecule has 0 aliphatic heterocycles. The molecule has 10 heteroatoms. The second kappa shape index (κ2) is 9.59. The molecule has 1 aromatic carbocycles. The number of benzene rings is 1. The maximum atomic E-state index is 12.8. The standard InChI is InChI=1S/C20H21N3O7/c1-3-7-27-16-10-13(14(23(25)26)11-17(16)28-8-4-2)22-20(24)18-19(30-12-21-18)15-6-5-9-29-15/h5-6,9-12H,3-4,7-8H2,1-2H3,(H,22,24). The average molecular weight is 415 g/mol. The van der Waals surface area contributed by atoms with Gasteiger partial charge in [-0.2, -0.15) is 0 Å². The molecule has 3 rings (SSSR count). The van der Waals surface area contributed by atoms with Crippen LogP contribution < -0.4 is 14.8 Å². The number of hydrogen-bond acceptors (Lipinski definition) is 8. The van der Waals surface area contributed by atoms with Gasteiger partial charge in [0.15, 0.2) is 29.3 Å². The van der Waals surface area contributed by atoms with Gasteiger partial charge >= 0.3 is 0 Å². The van der Waals surface area contributed by atoms with Crippen LogP contribution in [0.15, 0.2) is 45.8 Å². The minimum absolute atomic E-state index is 0.0478. The third-order valence-electron chi connectivity index (χ3n) is 3.96. The Morgan fingerprint density at radius 3 is 2.47 bits per heavy atom. The zero-order chi connectivity index (χ0) is 21.5. The number of oxazole rings is 1. The zero-order valence-electron chi connectivity index (χ0n) is 16.5. The zero-order valence-corrected chi connectivity index (χ0v) is 16.5.